The summed E-state index contributed by atoms with van der Waals surface area (Å²) in [6.07, 6.45) is 5.32. The van der Waals surface area contributed by atoms with Crippen LogP contribution in [0.1, 0.15) is 63.0 Å². The zero-order chi connectivity index (χ0) is 20.0. The van der Waals surface area contributed by atoms with Crippen molar-refractivity contribution < 1.29 is 9.59 Å². The van der Waals surface area contributed by atoms with Gasteiger partial charge in [-0.15, -0.1) is 11.3 Å². The van der Waals surface area contributed by atoms with E-state index >= 15 is 0 Å². The zero-order valence-corrected chi connectivity index (χ0v) is 17.6. The molecule has 6 nitrogen and oxygen atoms in total. The highest BCUT2D eigenvalue weighted by Crippen LogP contribution is 2.36. The second-order valence-electron chi connectivity index (χ2n) is 8.03. The molecule has 0 atom stereocenters. The van der Waals surface area contributed by atoms with Crippen molar-refractivity contribution in [3.05, 3.63) is 16.0 Å². The molecule has 2 rings (SSSR count). The molecule has 0 saturated heterocycles. The summed E-state index contributed by atoms with van der Waals surface area (Å²) < 4.78 is 0. The van der Waals surface area contributed by atoms with Gasteiger partial charge in [0.05, 0.1) is 18.7 Å². The SMILES string of the molecule is CCN(CC(=O)Nc1sc2c(c1C#N)CCCCC2)CC(=O)NC(C)(C)C. The maximum Gasteiger partial charge on any atom is 0.239 e. The maximum atomic E-state index is 12.5. The van der Waals surface area contributed by atoms with Crippen LogP contribution in [0.2, 0.25) is 0 Å². The molecule has 1 aliphatic carbocycles. The summed E-state index contributed by atoms with van der Waals surface area (Å²) in [5.41, 5.74) is 1.45. The number of carbonyl (C=O) groups excluding carboxylic acids is 2. The van der Waals surface area contributed by atoms with E-state index in [0.717, 1.165) is 31.2 Å². The number of carbonyl (C=O) groups is 2. The number of fused-ring (bicyclic) bond motifs is 1. The van der Waals surface area contributed by atoms with E-state index in [1.807, 2.05) is 27.7 Å². The molecule has 1 aliphatic rings. The number of nitrogens with one attached hydrogen (secondary N) is 2. The molecule has 1 aromatic heterocycles. The lowest BCUT2D eigenvalue weighted by atomic mass is 10.1. The number of hydrogen-bond acceptors (Lipinski definition) is 5. The van der Waals surface area contributed by atoms with Crippen LogP contribution in [0.5, 0.6) is 0 Å². The Morgan fingerprint density at radius 3 is 2.44 bits per heavy atom. The number of amides is 2. The summed E-state index contributed by atoms with van der Waals surface area (Å²) in [7, 11) is 0. The van der Waals surface area contributed by atoms with Gasteiger partial charge in [0.15, 0.2) is 0 Å². The minimum Gasteiger partial charge on any atom is -0.350 e. The minimum absolute atomic E-state index is 0.0994. The van der Waals surface area contributed by atoms with Crippen LogP contribution in [0, 0.1) is 11.3 Å². The predicted octanol–water partition coefficient (Wildman–Crippen LogP) is 3.06. The topological polar surface area (TPSA) is 85.2 Å². The number of thiophene rings is 1. The average Bonchev–Trinajstić information content (AvgIpc) is 2.72. The number of likely N-dealkylation sites (N-methyl/N-ethyl adjacent to an activating group) is 1. The third-order valence-corrected chi connectivity index (χ3v) is 5.69. The van der Waals surface area contributed by atoms with Gasteiger partial charge in [-0.2, -0.15) is 5.26 Å². The van der Waals surface area contributed by atoms with Crippen LogP contribution in [-0.4, -0.2) is 41.9 Å². The van der Waals surface area contributed by atoms with E-state index in [4.69, 9.17) is 0 Å². The average molecular weight is 391 g/mol. The number of nitriles is 1. The molecule has 0 aromatic carbocycles. The van der Waals surface area contributed by atoms with E-state index in [2.05, 4.69) is 16.7 Å². The molecule has 0 unspecified atom stereocenters. The molecule has 27 heavy (non-hydrogen) atoms. The molecular weight excluding hydrogens is 360 g/mol. The van der Waals surface area contributed by atoms with Gasteiger partial charge in [0, 0.05) is 10.4 Å². The number of nitrogens with zero attached hydrogens (tertiary/aromatic N) is 2. The highest BCUT2D eigenvalue weighted by molar-refractivity contribution is 7.16. The second-order valence-corrected chi connectivity index (χ2v) is 9.14. The number of hydrogen-bond donors (Lipinski definition) is 2. The van der Waals surface area contributed by atoms with Crippen LogP contribution in [0.15, 0.2) is 0 Å². The van der Waals surface area contributed by atoms with E-state index in [0.29, 0.717) is 17.1 Å². The fraction of sp³-hybridized carbons (Fsp3) is 0.650. The molecule has 2 N–H and O–H groups in total. The van der Waals surface area contributed by atoms with Crippen LogP contribution in [-0.2, 0) is 22.4 Å². The molecule has 1 aromatic rings. The van der Waals surface area contributed by atoms with Gasteiger partial charge in [-0.25, -0.2) is 0 Å². The molecule has 148 valence electrons. The Kier molecular flexibility index (Phi) is 7.40. The fourth-order valence-corrected chi connectivity index (χ4v) is 4.51. The van der Waals surface area contributed by atoms with E-state index in [1.54, 1.807) is 4.90 Å². The largest absolute Gasteiger partial charge is 0.350 e. The Morgan fingerprint density at radius 2 is 1.81 bits per heavy atom. The van der Waals surface area contributed by atoms with Gasteiger partial charge in [0.1, 0.15) is 11.1 Å². The first-order chi connectivity index (χ1) is 12.7. The Balaban J connectivity index is 2.00. The first-order valence-corrected chi connectivity index (χ1v) is 10.4. The molecule has 0 fully saturated rings. The number of anilines is 1. The van der Waals surface area contributed by atoms with Gasteiger partial charge >= 0.3 is 0 Å². The summed E-state index contributed by atoms with van der Waals surface area (Å²) in [5, 5.41) is 16.0. The molecular formula is C20H30N4O2S. The van der Waals surface area contributed by atoms with E-state index in [1.165, 1.54) is 22.6 Å². The summed E-state index contributed by atoms with van der Waals surface area (Å²) in [6, 6.07) is 2.28. The highest BCUT2D eigenvalue weighted by Gasteiger charge is 2.22. The van der Waals surface area contributed by atoms with Crippen LogP contribution >= 0.6 is 11.3 Å². The normalized spacial score (nSPS) is 14.2. The quantitative estimate of drug-likeness (QED) is 0.731. The lowest BCUT2D eigenvalue weighted by Gasteiger charge is -2.24. The molecule has 2 amide bonds. The molecule has 0 radical (unpaired) electrons. The summed E-state index contributed by atoms with van der Waals surface area (Å²) >= 11 is 1.53. The third kappa shape index (κ3) is 6.33. The van der Waals surface area contributed by atoms with Crippen LogP contribution < -0.4 is 10.6 Å². The van der Waals surface area contributed by atoms with Crippen LogP contribution in [0.25, 0.3) is 0 Å². The van der Waals surface area contributed by atoms with Crippen molar-refractivity contribution in [1.29, 1.82) is 5.26 Å². The zero-order valence-electron chi connectivity index (χ0n) is 16.8. The Labute approximate surface area is 165 Å². The molecule has 1 heterocycles. The van der Waals surface area contributed by atoms with Crippen molar-refractivity contribution in [2.75, 3.05) is 25.0 Å². The Hall–Kier alpha value is -1.91. The third-order valence-electron chi connectivity index (χ3n) is 4.48. The fourth-order valence-electron chi connectivity index (χ4n) is 3.26. The van der Waals surface area contributed by atoms with Gasteiger partial charge < -0.3 is 10.6 Å². The van der Waals surface area contributed by atoms with Crippen LogP contribution in [0.3, 0.4) is 0 Å². The first kappa shape index (κ1) is 21.4. The lowest BCUT2D eigenvalue weighted by Crippen LogP contribution is -2.47. The smallest absolute Gasteiger partial charge is 0.239 e. The van der Waals surface area contributed by atoms with Crippen molar-refractivity contribution in [3.8, 4) is 6.07 Å². The van der Waals surface area contributed by atoms with Gasteiger partial charge in [0.25, 0.3) is 0 Å². The lowest BCUT2D eigenvalue weighted by molar-refractivity contribution is -0.124. The highest BCUT2D eigenvalue weighted by atomic mass is 32.1. The minimum atomic E-state index is -0.296. The van der Waals surface area contributed by atoms with Crippen molar-refractivity contribution >= 4 is 28.2 Å². The van der Waals surface area contributed by atoms with Gasteiger partial charge in [-0.3, -0.25) is 14.5 Å². The first-order valence-electron chi connectivity index (χ1n) is 9.61. The van der Waals surface area contributed by atoms with E-state index in [-0.39, 0.29) is 30.4 Å². The van der Waals surface area contributed by atoms with Crippen molar-refractivity contribution in [1.82, 2.24) is 10.2 Å². The summed E-state index contributed by atoms with van der Waals surface area (Å²) in [5.74, 6) is -0.286. The Bertz CT molecular complexity index is 728. The molecule has 0 spiro atoms. The van der Waals surface area contributed by atoms with Gasteiger partial charge in [0.2, 0.25) is 11.8 Å². The predicted molar refractivity (Wildman–Crippen MR) is 109 cm³/mol. The molecule has 7 heteroatoms. The number of rotatable bonds is 6. The van der Waals surface area contributed by atoms with Gasteiger partial charge in [-0.1, -0.05) is 13.3 Å². The van der Waals surface area contributed by atoms with Gasteiger partial charge in [-0.05, 0) is 58.6 Å². The van der Waals surface area contributed by atoms with Crippen molar-refractivity contribution in [2.24, 2.45) is 0 Å². The standard InChI is InChI=1S/C20H30N4O2S/c1-5-24(13-18(26)23-20(2,3)4)12-17(25)22-19-15(11-21)14-9-7-6-8-10-16(14)27-19/h5-10,12-13H2,1-4H3,(H,22,25)(H,23,26). The Morgan fingerprint density at radius 1 is 1.15 bits per heavy atom. The molecule has 0 aliphatic heterocycles. The number of aryl methyl sites for hydroxylation is 1. The van der Waals surface area contributed by atoms with Crippen molar-refractivity contribution in [2.45, 2.75) is 65.3 Å². The monoisotopic (exact) mass is 390 g/mol. The molecule has 0 bridgehead atoms. The summed E-state index contributed by atoms with van der Waals surface area (Å²) in [6.45, 7) is 8.60. The van der Waals surface area contributed by atoms with E-state index < -0.39 is 0 Å². The van der Waals surface area contributed by atoms with E-state index in [9.17, 15) is 14.9 Å². The van der Waals surface area contributed by atoms with Crippen LogP contribution in [0.4, 0.5) is 5.00 Å². The maximum absolute atomic E-state index is 12.5. The second kappa shape index (κ2) is 9.34. The van der Waals surface area contributed by atoms with Crippen molar-refractivity contribution in [3.63, 3.8) is 0 Å². The summed E-state index contributed by atoms with van der Waals surface area (Å²) in [4.78, 5) is 27.6. The molecule has 0 saturated carbocycles.